The van der Waals surface area contributed by atoms with Gasteiger partial charge in [0.25, 0.3) is 0 Å². The lowest BCUT2D eigenvalue weighted by Crippen LogP contribution is -2.22. The molecule has 0 fully saturated rings. The Bertz CT molecular complexity index is 1990. The largest absolute Gasteiger partial charge is 0.356 e. The first kappa shape index (κ1) is 23.1. The standard InChI is InChI=1S/C30H22N8/c1-17-26-27(30(38(17)5)28(32-3)25-16-34-21-11-7-9-13-23(21)36-25)18(2)37(4)29(26)19(14-31)24-15-33-20-10-6-8-12-22(20)35-24/h6-13,15-16H,1-2,4-5H3/b29-19-,30-28+. The molecule has 4 heterocycles. The molecule has 0 saturated heterocycles. The number of benzene rings is 2. The van der Waals surface area contributed by atoms with Crippen molar-refractivity contribution in [1.82, 2.24) is 29.1 Å². The topological polar surface area (TPSA) is 89.6 Å². The first-order chi connectivity index (χ1) is 18.4. The maximum absolute atomic E-state index is 10.4. The van der Waals surface area contributed by atoms with E-state index in [4.69, 9.17) is 16.5 Å². The van der Waals surface area contributed by atoms with Crippen LogP contribution in [0.1, 0.15) is 22.8 Å². The van der Waals surface area contributed by atoms with Crippen molar-refractivity contribution in [3.05, 3.63) is 106 Å². The number of hydrogen-bond acceptors (Lipinski definition) is 5. The summed E-state index contributed by atoms with van der Waals surface area (Å²) in [4.78, 5) is 22.5. The number of hydrogen-bond donors (Lipinski definition) is 0. The Labute approximate surface area is 218 Å². The third-order valence-corrected chi connectivity index (χ3v) is 7.20. The SMILES string of the molecule is [C-]#[N+]/C(c1cnc2ccccc2n1)=c1\c2c(C)n(C)/c(=C(/C#N)c3cnc4ccccc4n3)c2c(C)n1C. The van der Waals surface area contributed by atoms with Crippen molar-refractivity contribution in [2.24, 2.45) is 14.1 Å². The normalized spacial score (nSPS) is 13.0. The van der Waals surface area contributed by atoms with E-state index >= 15 is 0 Å². The summed E-state index contributed by atoms with van der Waals surface area (Å²) in [5.41, 5.74) is 6.73. The Morgan fingerprint density at radius 3 is 1.79 bits per heavy atom. The maximum atomic E-state index is 10.4. The van der Waals surface area contributed by atoms with Gasteiger partial charge in [0.1, 0.15) is 17.3 Å². The van der Waals surface area contributed by atoms with E-state index in [2.05, 4.69) is 20.9 Å². The molecule has 0 aliphatic carbocycles. The number of nitrogens with zero attached hydrogens (tertiary/aromatic N) is 8. The van der Waals surface area contributed by atoms with Gasteiger partial charge in [-0.15, -0.1) is 0 Å². The van der Waals surface area contributed by atoms with Gasteiger partial charge in [0.15, 0.2) is 0 Å². The Hall–Kier alpha value is -5.34. The molecule has 182 valence electrons. The molecule has 0 aliphatic heterocycles. The zero-order chi connectivity index (χ0) is 26.6. The molecule has 0 bridgehead atoms. The van der Waals surface area contributed by atoms with E-state index in [-0.39, 0.29) is 0 Å². The number of fused-ring (bicyclic) bond motifs is 3. The molecule has 8 nitrogen and oxygen atoms in total. The van der Waals surface area contributed by atoms with E-state index in [1.54, 1.807) is 12.4 Å². The zero-order valence-electron chi connectivity index (χ0n) is 21.4. The molecule has 0 saturated carbocycles. The molecule has 0 spiro atoms. The molecule has 0 amide bonds. The molecular weight excluding hydrogens is 472 g/mol. The van der Waals surface area contributed by atoms with E-state index in [9.17, 15) is 5.26 Å². The summed E-state index contributed by atoms with van der Waals surface area (Å²) < 4.78 is 4.01. The summed E-state index contributed by atoms with van der Waals surface area (Å²) in [6.45, 7) is 12.1. The van der Waals surface area contributed by atoms with Crippen LogP contribution in [0.3, 0.4) is 0 Å². The second-order valence-corrected chi connectivity index (χ2v) is 9.17. The van der Waals surface area contributed by atoms with Gasteiger partial charge >= 0.3 is 0 Å². The number of para-hydroxylation sites is 4. The Morgan fingerprint density at radius 2 is 1.24 bits per heavy atom. The Balaban J connectivity index is 1.75. The maximum Gasteiger partial charge on any atom is 0.237 e. The predicted molar refractivity (Wildman–Crippen MR) is 147 cm³/mol. The molecule has 8 heteroatoms. The van der Waals surface area contributed by atoms with Gasteiger partial charge < -0.3 is 9.13 Å². The van der Waals surface area contributed by atoms with E-state index in [0.717, 1.165) is 54.9 Å². The number of aryl methyl sites for hydroxylation is 2. The van der Waals surface area contributed by atoms with Gasteiger partial charge in [0, 0.05) is 42.5 Å². The van der Waals surface area contributed by atoms with E-state index < -0.39 is 0 Å². The van der Waals surface area contributed by atoms with Crippen LogP contribution in [0.25, 0.3) is 49.0 Å². The molecule has 6 aromatic rings. The summed E-state index contributed by atoms with van der Waals surface area (Å²) in [7, 11) is 3.88. The molecule has 38 heavy (non-hydrogen) atoms. The monoisotopic (exact) mass is 494 g/mol. The molecule has 2 aromatic carbocycles. The minimum atomic E-state index is 0.410. The molecule has 0 N–H and O–H groups in total. The summed E-state index contributed by atoms with van der Waals surface area (Å²) in [6.07, 6.45) is 3.30. The summed E-state index contributed by atoms with van der Waals surface area (Å²) in [5.74, 6) is 0. The highest BCUT2D eigenvalue weighted by molar-refractivity contribution is 5.96. The number of nitriles is 1. The fraction of sp³-hybridized carbons (Fsp3) is 0.133. The van der Waals surface area contributed by atoms with Crippen LogP contribution in [-0.2, 0) is 14.1 Å². The third kappa shape index (κ3) is 3.28. The van der Waals surface area contributed by atoms with Crippen LogP contribution in [0.4, 0.5) is 0 Å². The van der Waals surface area contributed by atoms with Gasteiger partial charge in [0.05, 0.1) is 51.2 Å². The van der Waals surface area contributed by atoms with Gasteiger partial charge in [-0.1, -0.05) is 24.3 Å². The third-order valence-electron chi connectivity index (χ3n) is 7.20. The average Bonchev–Trinajstić information content (AvgIpc) is 3.35. The Morgan fingerprint density at radius 1 is 0.763 bits per heavy atom. The van der Waals surface area contributed by atoms with Crippen molar-refractivity contribution in [3.8, 4) is 6.07 Å². The molecule has 0 atom stereocenters. The molecule has 0 unspecified atom stereocenters. The van der Waals surface area contributed by atoms with E-state index in [1.807, 2.05) is 85.6 Å². The van der Waals surface area contributed by atoms with Gasteiger partial charge in [0.2, 0.25) is 5.70 Å². The summed E-state index contributed by atoms with van der Waals surface area (Å²) in [5, 5.41) is 13.7. The lowest BCUT2D eigenvalue weighted by Gasteiger charge is -2.06. The van der Waals surface area contributed by atoms with Crippen molar-refractivity contribution >= 4 is 44.1 Å². The quantitative estimate of drug-likeness (QED) is 0.342. The van der Waals surface area contributed by atoms with Gasteiger partial charge in [-0.25, -0.2) is 9.83 Å². The summed E-state index contributed by atoms with van der Waals surface area (Å²) in [6, 6.07) is 17.6. The van der Waals surface area contributed by atoms with Crippen LogP contribution in [-0.4, -0.2) is 29.1 Å². The fourth-order valence-electron chi connectivity index (χ4n) is 5.13. The van der Waals surface area contributed by atoms with Gasteiger partial charge in [-0.05, 0) is 38.1 Å². The Kier molecular flexibility index (Phi) is 5.25. The second kappa shape index (κ2) is 8.65. The fourth-order valence-corrected chi connectivity index (χ4v) is 5.13. The van der Waals surface area contributed by atoms with Crippen LogP contribution >= 0.6 is 0 Å². The molecule has 6 rings (SSSR count). The smallest absolute Gasteiger partial charge is 0.237 e. The van der Waals surface area contributed by atoms with Gasteiger partial charge in [-0.2, -0.15) is 5.26 Å². The van der Waals surface area contributed by atoms with Crippen molar-refractivity contribution in [2.75, 3.05) is 0 Å². The van der Waals surface area contributed by atoms with E-state index in [1.165, 1.54) is 0 Å². The first-order valence-corrected chi connectivity index (χ1v) is 12.0. The summed E-state index contributed by atoms with van der Waals surface area (Å²) >= 11 is 0. The van der Waals surface area contributed by atoms with Crippen LogP contribution in [0.15, 0.2) is 60.9 Å². The number of rotatable bonds is 2. The molecular formula is C30H22N8. The lowest BCUT2D eigenvalue weighted by molar-refractivity contribution is 0.826. The van der Waals surface area contributed by atoms with Crippen LogP contribution in [0, 0.1) is 31.8 Å². The van der Waals surface area contributed by atoms with Crippen molar-refractivity contribution in [3.63, 3.8) is 0 Å². The zero-order valence-corrected chi connectivity index (χ0v) is 21.4. The van der Waals surface area contributed by atoms with Crippen molar-refractivity contribution in [2.45, 2.75) is 13.8 Å². The minimum absolute atomic E-state index is 0.410. The van der Waals surface area contributed by atoms with Crippen molar-refractivity contribution in [1.29, 1.82) is 5.26 Å². The molecule has 0 radical (unpaired) electrons. The van der Waals surface area contributed by atoms with Crippen LogP contribution < -0.4 is 10.7 Å². The highest BCUT2D eigenvalue weighted by atomic mass is 15.0. The minimum Gasteiger partial charge on any atom is -0.356 e. The second-order valence-electron chi connectivity index (χ2n) is 9.17. The predicted octanol–water partition coefficient (Wildman–Crippen LogP) is 3.82. The lowest BCUT2D eigenvalue weighted by atomic mass is 10.1. The van der Waals surface area contributed by atoms with Crippen molar-refractivity contribution < 1.29 is 0 Å². The van der Waals surface area contributed by atoms with Crippen LogP contribution in [0.5, 0.6) is 0 Å². The molecule has 4 aromatic heterocycles. The van der Waals surface area contributed by atoms with E-state index in [0.29, 0.717) is 22.7 Å². The average molecular weight is 495 g/mol. The highest BCUT2D eigenvalue weighted by Crippen LogP contribution is 2.23. The number of aromatic nitrogens is 6. The molecule has 0 aliphatic rings. The van der Waals surface area contributed by atoms with Crippen LogP contribution in [0.2, 0.25) is 0 Å². The first-order valence-electron chi connectivity index (χ1n) is 12.0. The van der Waals surface area contributed by atoms with Gasteiger partial charge in [-0.3, -0.25) is 15.0 Å². The highest BCUT2D eigenvalue weighted by Gasteiger charge is 2.22.